The monoisotopic (exact) mass is 291 g/mol. The molecule has 1 fully saturated rings. The Labute approximate surface area is 124 Å². The number of ether oxygens (including phenoxy) is 2. The highest BCUT2D eigenvalue weighted by atomic mass is 16.5. The third-order valence-corrected chi connectivity index (χ3v) is 3.62. The minimum Gasteiger partial charge on any atom is -0.493 e. The van der Waals surface area contributed by atoms with Gasteiger partial charge in [-0.1, -0.05) is 6.92 Å². The summed E-state index contributed by atoms with van der Waals surface area (Å²) in [6.07, 6.45) is 2.56. The molecule has 0 aliphatic carbocycles. The molecule has 1 aromatic carbocycles. The molecule has 5 heteroatoms. The summed E-state index contributed by atoms with van der Waals surface area (Å²) in [5.41, 5.74) is 0.590. The van der Waals surface area contributed by atoms with E-state index >= 15 is 0 Å². The molecule has 0 saturated carbocycles. The smallest absolute Gasteiger partial charge is 0.260 e. The third-order valence-electron chi connectivity index (χ3n) is 3.62. The number of hydrogen-bond acceptors (Lipinski definition) is 4. The number of hydrogen-bond donors (Lipinski definition) is 0. The van der Waals surface area contributed by atoms with E-state index < -0.39 is 0 Å². The van der Waals surface area contributed by atoms with Gasteiger partial charge < -0.3 is 14.4 Å². The van der Waals surface area contributed by atoms with Crippen LogP contribution in [0.25, 0.3) is 0 Å². The number of ketones is 1. The van der Waals surface area contributed by atoms with Crippen LogP contribution in [0.3, 0.4) is 0 Å². The fourth-order valence-electron chi connectivity index (χ4n) is 2.36. The van der Waals surface area contributed by atoms with Gasteiger partial charge in [0.2, 0.25) is 0 Å². The van der Waals surface area contributed by atoms with Crippen molar-refractivity contribution in [1.82, 2.24) is 4.90 Å². The molecule has 1 aliphatic heterocycles. The Morgan fingerprint density at radius 3 is 2.52 bits per heavy atom. The zero-order chi connectivity index (χ0) is 15.2. The molecule has 0 radical (unpaired) electrons. The van der Waals surface area contributed by atoms with Gasteiger partial charge in [0.1, 0.15) is 0 Å². The topological polar surface area (TPSA) is 55.8 Å². The highest BCUT2D eigenvalue weighted by Gasteiger charge is 2.19. The van der Waals surface area contributed by atoms with Crippen LogP contribution in [0.4, 0.5) is 0 Å². The Morgan fingerprint density at radius 1 is 1.19 bits per heavy atom. The molecule has 0 unspecified atom stereocenters. The Balaban J connectivity index is 2.02. The summed E-state index contributed by atoms with van der Waals surface area (Å²) < 4.78 is 10.8. The Hall–Kier alpha value is -2.04. The van der Waals surface area contributed by atoms with Crippen molar-refractivity contribution in [1.29, 1.82) is 0 Å². The maximum absolute atomic E-state index is 11.9. The largest absolute Gasteiger partial charge is 0.493 e. The van der Waals surface area contributed by atoms with Gasteiger partial charge in [0.15, 0.2) is 23.9 Å². The minimum absolute atomic E-state index is 0.00255. The SMILES string of the molecule is CCC(=O)c1ccc(OCC(=O)N2CCCC2)c(OC)c1. The molecule has 0 spiro atoms. The molecule has 1 aliphatic rings. The van der Waals surface area contributed by atoms with Crippen LogP contribution in [-0.4, -0.2) is 43.4 Å². The lowest BCUT2D eigenvalue weighted by atomic mass is 10.1. The van der Waals surface area contributed by atoms with E-state index in [2.05, 4.69) is 0 Å². The molecular formula is C16H21NO4. The quantitative estimate of drug-likeness (QED) is 0.755. The zero-order valence-corrected chi connectivity index (χ0v) is 12.6. The van der Waals surface area contributed by atoms with Crippen LogP contribution >= 0.6 is 0 Å². The summed E-state index contributed by atoms with van der Waals surface area (Å²) in [5.74, 6) is 0.998. The van der Waals surface area contributed by atoms with Gasteiger partial charge in [-0.25, -0.2) is 0 Å². The van der Waals surface area contributed by atoms with Crippen molar-refractivity contribution in [3.63, 3.8) is 0 Å². The van der Waals surface area contributed by atoms with Gasteiger partial charge in [-0.2, -0.15) is 0 Å². The van der Waals surface area contributed by atoms with Crippen LogP contribution in [0.1, 0.15) is 36.5 Å². The second-order valence-corrected chi connectivity index (χ2v) is 5.02. The fraction of sp³-hybridized carbons (Fsp3) is 0.500. The summed E-state index contributed by atoms with van der Waals surface area (Å²) in [6.45, 7) is 3.43. The molecule has 0 atom stereocenters. The second kappa shape index (κ2) is 7.11. The first-order valence-electron chi connectivity index (χ1n) is 7.27. The van der Waals surface area contributed by atoms with Crippen LogP contribution in [-0.2, 0) is 4.79 Å². The first kappa shape index (κ1) is 15.4. The number of methoxy groups -OCH3 is 1. The van der Waals surface area contributed by atoms with Crippen molar-refractivity contribution in [2.75, 3.05) is 26.8 Å². The van der Waals surface area contributed by atoms with E-state index in [1.807, 2.05) is 6.92 Å². The van der Waals surface area contributed by atoms with E-state index in [1.165, 1.54) is 7.11 Å². The van der Waals surface area contributed by atoms with E-state index in [1.54, 1.807) is 23.1 Å². The predicted octanol–water partition coefficient (Wildman–Crippen LogP) is 2.29. The van der Waals surface area contributed by atoms with Crippen LogP contribution in [0.15, 0.2) is 18.2 Å². The van der Waals surface area contributed by atoms with E-state index in [-0.39, 0.29) is 18.3 Å². The summed E-state index contributed by atoms with van der Waals surface area (Å²) >= 11 is 0. The van der Waals surface area contributed by atoms with Crippen LogP contribution in [0, 0.1) is 0 Å². The average Bonchev–Trinajstić information content (AvgIpc) is 3.06. The second-order valence-electron chi connectivity index (χ2n) is 5.02. The molecule has 0 N–H and O–H groups in total. The third kappa shape index (κ3) is 3.74. The zero-order valence-electron chi connectivity index (χ0n) is 12.6. The highest BCUT2D eigenvalue weighted by Crippen LogP contribution is 2.28. The van der Waals surface area contributed by atoms with Crippen molar-refractivity contribution in [3.05, 3.63) is 23.8 Å². The first-order valence-corrected chi connectivity index (χ1v) is 7.27. The van der Waals surface area contributed by atoms with E-state index in [0.717, 1.165) is 25.9 Å². The molecule has 1 saturated heterocycles. The number of carbonyl (C=O) groups excluding carboxylic acids is 2. The number of carbonyl (C=O) groups is 2. The van der Waals surface area contributed by atoms with Crippen LogP contribution in [0.5, 0.6) is 11.5 Å². The highest BCUT2D eigenvalue weighted by molar-refractivity contribution is 5.96. The van der Waals surface area contributed by atoms with Gasteiger partial charge in [0.25, 0.3) is 5.91 Å². The van der Waals surface area contributed by atoms with Crippen molar-refractivity contribution in [3.8, 4) is 11.5 Å². The number of benzene rings is 1. The lowest BCUT2D eigenvalue weighted by Gasteiger charge is -2.16. The molecule has 1 heterocycles. The average molecular weight is 291 g/mol. The molecule has 2 rings (SSSR count). The van der Waals surface area contributed by atoms with Crippen LogP contribution < -0.4 is 9.47 Å². The first-order chi connectivity index (χ1) is 10.2. The Bertz CT molecular complexity index is 521. The fourth-order valence-corrected chi connectivity index (χ4v) is 2.36. The van der Waals surface area contributed by atoms with Gasteiger partial charge in [0, 0.05) is 25.1 Å². The van der Waals surface area contributed by atoms with Gasteiger partial charge >= 0.3 is 0 Å². The predicted molar refractivity (Wildman–Crippen MR) is 78.9 cm³/mol. The molecule has 1 aromatic rings. The molecule has 114 valence electrons. The minimum atomic E-state index is -0.0109. The maximum atomic E-state index is 11.9. The lowest BCUT2D eigenvalue weighted by Crippen LogP contribution is -2.32. The Morgan fingerprint density at radius 2 is 1.90 bits per heavy atom. The van der Waals surface area contributed by atoms with Crippen molar-refractivity contribution in [2.24, 2.45) is 0 Å². The van der Waals surface area contributed by atoms with Crippen molar-refractivity contribution < 1.29 is 19.1 Å². The molecule has 0 aromatic heterocycles. The Kier molecular flexibility index (Phi) is 5.20. The molecule has 0 bridgehead atoms. The van der Waals surface area contributed by atoms with Gasteiger partial charge in [0.05, 0.1) is 7.11 Å². The number of Topliss-reactive ketones (excluding diaryl/α,β-unsaturated/α-hetero) is 1. The summed E-state index contributed by atoms with van der Waals surface area (Å²) in [6, 6.07) is 5.03. The normalized spacial score (nSPS) is 14.1. The molecular weight excluding hydrogens is 270 g/mol. The summed E-state index contributed by atoms with van der Waals surface area (Å²) in [7, 11) is 1.52. The maximum Gasteiger partial charge on any atom is 0.260 e. The number of nitrogens with zero attached hydrogens (tertiary/aromatic N) is 1. The van der Waals surface area contributed by atoms with Gasteiger partial charge in [-0.05, 0) is 31.0 Å². The van der Waals surface area contributed by atoms with E-state index in [4.69, 9.17) is 9.47 Å². The van der Waals surface area contributed by atoms with Crippen molar-refractivity contribution in [2.45, 2.75) is 26.2 Å². The molecule has 21 heavy (non-hydrogen) atoms. The molecule has 1 amide bonds. The van der Waals surface area contributed by atoms with Crippen molar-refractivity contribution >= 4 is 11.7 Å². The summed E-state index contributed by atoms with van der Waals surface area (Å²) in [4.78, 5) is 25.4. The summed E-state index contributed by atoms with van der Waals surface area (Å²) in [5, 5.41) is 0. The number of rotatable bonds is 6. The number of amides is 1. The van der Waals surface area contributed by atoms with Crippen LogP contribution in [0.2, 0.25) is 0 Å². The lowest BCUT2D eigenvalue weighted by molar-refractivity contribution is -0.132. The standard InChI is InChI=1S/C16H21NO4/c1-3-13(18)12-6-7-14(15(10-12)20-2)21-11-16(19)17-8-4-5-9-17/h6-7,10H,3-5,8-9,11H2,1-2H3. The van der Waals surface area contributed by atoms with E-state index in [0.29, 0.717) is 23.5 Å². The van der Waals surface area contributed by atoms with Gasteiger partial charge in [-0.3, -0.25) is 9.59 Å². The van der Waals surface area contributed by atoms with E-state index in [9.17, 15) is 9.59 Å². The van der Waals surface area contributed by atoms with Gasteiger partial charge in [-0.15, -0.1) is 0 Å². The number of likely N-dealkylation sites (tertiary alicyclic amines) is 1. The molecule has 5 nitrogen and oxygen atoms in total.